The predicted octanol–water partition coefficient (Wildman–Crippen LogP) is 2.87. The van der Waals surface area contributed by atoms with Crippen LogP contribution in [-0.2, 0) is 16.1 Å². The third kappa shape index (κ3) is 3.29. The van der Waals surface area contributed by atoms with Gasteiger partial charge in [-0.15, -0.1) is 0 Å². The van der Waals surface area contributed by atoms with Crippen molar-refractivity contribution < 1.29 is 13.9 Å². The van der Waals surface area contributed by atoms with Crippen molar-refractivity contribution >= 4 is 0 Å². The summed E-state index contributed by atoms with van der Waals surface area (Å²) in [4.78, 5) is 0. The predicted molar refractivity (Wildman–Crippen MR) is 54.8 cm³/mol. The first-order valence-corrected chi connectivity index (χ1v) is 5.32. The molecule has 82 valence electrons. The maximum absolute atomic E-state index is 12.6. The average Bonchev–Trinajstić information content (AvgIpc) is 2.30. The Hall–Kier alpha value is -0.930. The summed E-state index contributed by atoms with van der Waals surface area (Å²) in [5, 5.41) is 0. The van der Waals surface area contributed by atoms with E-state index in [4.69, 9.17) is 9.47 Å². The van der Waals surface area contributed by atoms with Crippen LogP contribution in [0.4, 0.5) is 4.39 Å². The zero-order chi connectivity index (χ0) is 10.5. The van der Waals surface area contributed by atoms with Crippen molar-refractivity contribution in [3.05, 3.63) is 35.6 Å². The molecule has 1 aromatic carbocycles. The third-order valence-corrected chi connectivity index (χ3v) is 2.49. The fraction of sp³-hybridized carbons (Fsp3) is 0.500. The molecular weight excluding hydrogens is 195 g/mol. The monoisotopic (exact) mass is 210 g/mol. The Morgan fingerprint density at radius 1 is 1.27 bits per heavy atom. The molecule has 0 bridgehead atoms. The molecule has 1 aromatic rings. The van der Waals surface area contributed by atoms with E-state index in [0.29, 0.717) is 6.61 Å². The Labute approximate surface area is 89.0 Å². The number of halogens is 1. The molecule has 1 heterocycles. The van der Waals surface area contributed by atoms with Gasteiger partial charge in [-0.2, -0.15) is 0 Å². The summed E-state index contributed by atoms with van der Waals surface area (Å²) in [6, 6.07) is 6.36. The minimum absolute atomic E-state index is 0.0798. The van der Waals surface area contributed by atoms with Crippen LogP contribution in [0, 0.1) is 5.82 Å². The van der Waals surface area contributed by atoms with Gasteiger partial charge in [0.05, 0.1) is 6.61 Å². The van der Waals surface area contributed by atoms with Crippen LogP contribution < -0.4 is 0 Å². The summed E-state index contributed by atoms with van der Waals surface area (Å²) in [7, 11) is 0. The molecule has 0 saturated carbocycles. The lowest BCUT2D eigenvalue weighted by Gasteiger charge is -2.22. The van der Waals surface area contributed by atoms with Crippen molar-refractivity contribution in [3.8, 4) is 0 Å². The van der Waals surface area contributed by atoms with Gasteiger partial charge in [0.15, 0.2) is 6.29 Å². The topological polar surface area (TPSA) is 18.5 Å². The van der Waals surface area contributed by atoms with Crippen LogP contribution in [0.3, 0.4) is 0 Å². The summed E-state index contributed by atoms with van der Waals surface area (Å²) < 4.78 is 23.6. The van der Waals surface area contributed by atoms with Gasteiger partial charge in [-0.25, -0.2) is 4.39 Å². The van der Waals surface area contributed by atoms with E-state index in [-0.39, 0.29) is 12.1 Å². The molecule has 1 saturated heterocycles. The number of ether oxygens (including phenoxy) is 2. The Balaban J connectivity index is 1.79. The van der Waals surface area contributed by atoms with Crippen molar-refractivity contribution in [1.82, 2.24) is 0 Å². The lowest BCUT2D eigenvalue weighted by molar-refractivity contribution is -0.168. The highest BCUT2D eigenvalue weighted by Crippen LogP contribution is 2.15. The van der Waals surface area contributed by atoms with Crippen LogP contribution in [0.2, 0.25) is 0 Å². The molecule has 3 heteroatoms. The number of benzene rings is 1. The van der Waals surface area contributed by atoms with E-state index >= 15 is 0 Å². The molecule has 2 rings (SSSR count). The second kappa shape index (κ2) is 5.24. The molecule has 0 spiro atoms. The number of hydrogen-bond donors (Lipinski definition) is 0. The minimum atomic E-state index is -0.215. The highest BCUT2D eigenvalue weighted by molar-refractivity contribution is 5.14. The van der Waals surface area contributed by atoms with E-state index in [1.165, 1.54) is 12.1 Å². The molecule has 1 fully saturated rings. The van der Waals surface area contributed by atoms with Crippen LogP contribution >= 0.6 is 0 Å². The second-order valence-electron chi connectivity index (χ2n) is 3.73. The van der Waals surface area contributed by atoms with Crippen molar-refractivity contribution in [1.29, 1.82) is 0 Å². The van der Waals surface area contributed by atoms with Gasteiger partial charge in [-0.05, 0) is 37.0 Å². The standard InChI is InChI=1S/C12H15FO2/c13-11-6-4-10(5-7-11)9-15-12-3-1-2-8-14-12/h4-7,12H,1-3,8-9H2. The molecule has 1 aliphatic rings. The van der Waals surface area contributed by atoms with Gasteiger partial charge in [0.25, 0.3) is 0 Å². The van der Waals surface area contributed by atoms with Gasteiger partial charge in [0, 0.05) is 6.61 Å². The quantitative estimate of drug-likeness (QED) is 0.763. The van der Waals surface area contributed by atoms with Crippen LogP contribution in [0.15, 0.2) is 24.3 Å². The number of hydrogen-bond acceptors (Lipinski definition) is 2. The highest BCUT2D eigenvalue weighted by atomic mass is 19.1. The molecule has 0 amide bonds. The van der Waals surface area contributed by atoms with E-state index < -0.39 is 0 Å². The van der Waals surface area contributed by atoms with Gasteiger partial charge in [-0.1, -0.05) is 12.1 Å². The highest BCUT2D eigenvalue weighted by Gasteiger charge is 2.13. The molecule has 1 atom stereocenters. The van der Waals surface area contributed by atoms with Gasteiger partial charge in [0.1, 0.15) is 5.82 Å². The van der Waals surface area contributed by atoms with Gasteiger partial charge in [-0.3, -0.25) is 0 Å². The fourth-order valence-electron chi connectivity index (χ4n) is 1.61. The lowest BCUT2D eigenvalue weighted by Crippen LogP contribution is -2.21. The normalized spacial score (nSPS) is 21.5. The molecule has 0 N–H and O–H groups in total. The Kier molecular flexibility index (Phi) is 3.69. The van der Waals surface area contributed by atoms with Crippen molar-refractivity contribution in [2.24, 2.45) is 0 Å². The lowest BCUT2D eigenvalue weighted by atomic mass is 10.2. The van der Waals surface area contributed by atoms with Crippen LogP contribution in [0.5, 0.6) is 0 Å². The molecule has 2 nitrogen and oxygen atoms in total. The largest absolute Gasteiger partial charge is 0.353 e. The second-order valence-corrected chi connectivity index (χ2v) is 3.73. The molecule has 0 radical (unpaired) electrons. The SMILES string of the molecule is Fc1ccc(COC2CCCCO2)cc1. The summed E-state index contributed by atoms with van der Waals surface area (Å²) in [6.07, 6.45) is 3.16. The Bertz CT molecular complexity index is 291. The smallest absolute Gasteiger partial charge is 0.158 e. The maximum Gasteiger partial charge on any atom is 0.158 e. The Morgan fingerprint density at radius 2 is 2.07 bits per heavy atom. The van der Waals surface area contributed by atoms with Gasteiger partial charge >= 0.3 is 0 Å². The molecule has 0 aromatic heterocycles. The Morgan fingerprint density at radius 3 is 2.73 bits per heavy atom. The van der Waals surface area contributed by atoms with Crippen molar-refractivity contribution in [2.75, 3.05) is 6.61 Å². The van der Waals surface area contributed by atoms with Gasteiger partial charge < -0.3 is 9.47 Å². The summed E-state index contributed by atoms with van der Waals surface area (Å²) in [6.45, 7) is 1.28. The van der Waals surface area contributed by atoms with E-state index in [2.05, 4.69) is 0 Å². The van der Waals surface area contributed by atoms with E-state index in [9.17, 15) is 4.39 Å². The van der Waals surface area contributed by atoms with Crippen LogP contribution in [0.25, 0.3) is 0 Å². The molecule has 1 unspecified atom stereocenters. The fourth-order valence-corrected chi connectivity index (χ4v) is 1.61. The third-order valence-electron chi connectivity index (χ3n) is 2.49. The minimum Gasteiger partial charge on any atom is -0.353 e. The molecule has 0 aliphatic carbocycles. The van der Waals surface area contributed by atoms with Crippen LogP contribution in [-0.4, -0.2) is 12.9 Å². The maximum atomic E-state index is 12.6. The zero-order valence-corrected chi connectivity index (χ0v) is 8.62. The van der Waals surface area contributed by atoms with E-state index in [1.54, 1.807) is 12.1 Å². The number of rotatable bonds is 3. The van der Waals surface area contributed by atoms with Gasteiger partial charge in [0.2, 0.25) is 0 Å². The molecule has 1 aliphatic heterocycles. The van der Waals surface area contributed by atoms with E-state index in [0.717, 1.165) is 31.4 Å². The first-order chi connectivity index (χ1) is 7.34. The average molecular weight is 210 g/mol. The van der Waals surface area contributed by atoms with Crippen molar-refractivity contribution in [2.45, 2.75) is 32.2 Å². The first-order valence-electron chi connectivity index (χ1n) is 5.32. The van der Waals surface area contributed by atoms with Crippen molar-refractivity contribution in [3.63, 3.8) is 0 Å². The molecule has 15 heavy (non-hydrogen) atoms. The van der Waals surface area contributed by atoms with Crippen LogP contribution in [0.1, 0.15) is 24.8 Å². The summed E-state index contributed by atoms with van der Waals surface area (Å²) >= 11 is 0. The summed E-state index contributed by atoms with van der Waals surface area (Å²) in [5.74, 6) is -0.215. The summed E-state index contributed by atoms with van der Waals surface area (Å²) in [5.41, 5.74) is 0.977. The zero-order valence-electron chi connectivity index (χ0n) is 8.62. The first kappa shape index (κ1) is 10.6. The van der Waals surface area contributed by atoms with E-state index in [1.807, 2.05) is 0 Å². The molecular formula is C12H15FO2.